The second kappa shape index (κ2) is 8.41. The van der Waals surface area contributed by atoms with Crippen molar-refractivity contribution in [2.24, 2.45) is 5.92 Å². The molecule has 1 amide bonds. The van der Waals surface area contributed by atoms with Gasteiger partial charge in [-0.05, 0) is 13.3 Å². The summed E-state index contributed by atoms with van der Waals surface area (Å²) in [5, 5.41) is 2.66. The number of amides is 1. The molecule has 0 aromatic carbocycles. The van der Waals surface area contributed by atoms with Crippen LogP contribution in [0.5, 0.6) is 0 Å². The number of hydrogen-bond donors (Lipinski definition) is 1. The summed E-state index contributed by atoms with van der Waals surface area (Å²) in [5.74, 6) is -0.189. The smallest absolute Gasteiger partial charge is 0.246 e. The van der Waals surface area contributed by atoms with Crippen molar-refractivity contribution in [3.05, 3.63) is 0 Å². The predicted molar refractivity (Wildman–Crippen MR) is 58.6 cm³/mol. The maximum absolute atomic E-state index is 11.2. The van der Waals surface area contributed by atoms with E-state index in [1.165, 1.54) is 6.92 Å². The van der Waals surface area contributed by atoms with Crippen molar-refractivity contribution in [3.63, 3.8) is 0 Å². The van der Waals surface area contributed by atoms with Gasteiger partial charge >= 0.3 is 0 Å². The number of hydrogen-bond acceptors (Lipinski definition) is 3. The lowest BCUT2D eigenvalue weighted by Crippen LogP contribution is -2.33. The Kier molecular flexibility index (Phi) is 7.91. The van der Waals surface area contributed by atoms with Crippen molar-refractivity contribution in [2.45, 2.75) is 33.6 Å². The van der Waals surface area contributed by atoms with E-state index in [1.54, 1.807) is 6.92 Å². The second-order valence-electron chi connectivity index (χ2n) is 3.72. The van der Waals surface area contributed by atoms with Crippen LogP contribution < -0.4 is 5.32 Å². The van der Waals surface area contributed by atoms with E-state index in [9.17, 15) is 9.59 Å². The minimum atomic E-state index is -0.154. The number of rotatable bonds is 8. The van der Waals surface area contributed by atoms with Crippen LogP contribution in [0, 0.1) is 5.92 Å². The van der Waals surface area contributed by atoms with Crippen molar-refractivity contribution in [1.29, 1.82) is 0 Å². The van der Waals surface area contributed by atoms with E-state index in [1.807, 2.05) is 0 Å². The van der Waals surface area contributed by atoms with Gasteiger partial charge in [-0.2, -0.15) is 0 Å². The minimum absolute atomic E-state index is 0.0854. The number of carbonyl (C=O) groups is 2. The molecular weight excluding hydrogens is 194 g/mol. The maximum atomic E-state index is 11.2. The summed E-state index contributed by atoms with van der Waals surface area (Å²) in [5.41, 5.74) is 0. The molecule has 0 aromatic heterocycles. The van der Waals surface area contributed by atoms with E-state index >= 15 is 0 Å². The highest BCUT2D eigenvalue weighted by molar-refractivity contribution is 5.80. The highest BCUT2D eigenvalue weighted by Gasteiger charge is 2.08. The SMILES string of the molecule is CCCCOCC(=O)NCC(C)C(C)=O. The number of carbonyl (C=O) groups excluding carboxylic acids is 2. The average molecular weight is 215 g/mol. The lowest BCUT2D eigenvalue weighted by Gasteiger charge is -2.09. The Balaban J connectivity index is 3.45. The summed E-state index contributed by atoms with van der Waals surface area (Å²) < 4.78 is 5.13. The third kappa shape index (κ3) is 8.12. The molecule has 0 bridgehead atoms. The van der Waals surface area contributed by atoms with E-state index in [0.717, 1.165) is 12.8 Å². The van der Waals surface area contributed by atoms with Gasteiger partial charge in [0, 0.05) is 19.1 Å². The molecule has 0 saturated carbocycles. The molecule has 0 aliphatic carbocycles. The fourth-order valence-electron chi connectivity index (χ4n) is 0.873. The number of ether oxygens (including phenoxy) is 1. The van der Waals surface area contributed by atoms with Crippen LogP contribution in [0.1, 0.15) is 33.6 Å². The molecule has 0 fully saturated rings. The lowest BCUT2D eigenvalue weighted by atomic mass is 10.1. The molecule has 0 aromatic rings. The van der Waals surface area contributed by atoms with Crippen molar-refractivity contribution in [2.75, 3.05) is 19.8 Å². The highest BCUT2D eigenvalue weighted by Crippen LogP contribution is 1.93. The summed E-state index contributed by atoms with van der Waals surface area (Å²) in [6.45, 7) is 6.48. The number of ketones is 1. The standard InChI is InChI=1S/C11H21NO3/c1-4-5-6-15-8-11(14)12-7-9(2)10(3)13/h9H,4-8H2,1-3H3,(H,12,14). The van der Waals surface area contributed by atoms with Crippen LogP contribution in [0.4, 0.5) is 0 Å². The first kappa shape index (κ1) is 14.1. The van der Waals surface area contributed by atoms with Crippen LogP contribution in [0.25, 0.3) is 0 Å². The van der Waals surface area contributed by atoms with Crippen LogP contribution in [0.15, 0.2) is 0 Å². The van der Waals surface area contributed by atoms with Crippen LogP contribution in [-0.4, -0.2) is 31.4 Å². The Hall–Kier alpha value is -0.900. The Bertz CT molecular complexity index is 204. The molecule has 0 radical (unpaired) electrons. The molecule has 15 heavy (non-hydrogen) atoms. The van der Waals surface area contributed by atoms with E-state index in [4.69, 9.17) is 4.74 Å². The van der Waals surface area contributed by atoms with Gasteiger partial charge in [-0.1, -0.05) is 20.3 Å². The molecule has 88 valence electrons. The molecule has 4 heteroatoms. The summed E-state index contributed by atoms with van der Waals surface area (Å²) in [6, 6.07) is 0. The Morgan fingerprint density at radius 2 is 2.07 bits per heavy atom. The van der Waals surface area contributed by atoms with Gasteiger partial charge in [0.15, 0.2) is 0 Å². The van der Waals surface area contributed by atoms with Crippen molar-refractivity contribution >= 4 is 11.7 Å². The van der Waals surface area contributed by atoms with Gasteiger partial charge in [0.2, 0.25) is 5.91 Å². The van der Waals surface area contributed by atoms with Gasteiger partial charge < -0.3 is 10.1 Å². The Labute approximate surface area is 91.4 Å². The fourth-order valence-corrected chi connectivity index (χ4v) is 0.873. The monoisotopic (exact) mass is 215 g/mol. The minimum Gasteiger partial charge on any atom is -0.372 e. The third-order valence-corrected chi connectivity index (χ3v) is 2.17. The molecular formula is C11H21NO3. The molecule has 1 atom stereocenters. The topological polar surface area (TPSA) is 55.4 Å². The molecule has 0 saturated heterocycles. The van der Waals surface area contributed by atoms with Crippen LogP contribution in [0.3, 0.4) is 0 Å². The van der Waals surface area contributed by atoms with Gasteiger partial charge in [0.05, 0.1) is 0 Å². The normalized spacial score (nSPS) is 12.2. The summed E-state index contributed by atoms with van der Waals surface area (Å²) in [6.07, 6.45) is 2.03. The van der Waals surface area contributed by atoms with Gasteiger partial charge in [0.1, 0.15) is 12.4 Å². The maximum Gasteiger partial charge on any atom is 0.246 e. The van der Waals surface area contributed by atoms with E-state index in [-0.39, 0.29) is 24.2 Å². The molecule has 0 heterocycles. The average Bonchev–Trinajstić information content (AvgIpc) is 2.20. The molecule has 0 rings (SSSR count). The van der Waals surface area contributed by atoms with Gasteiger partial charge in [0.25, 0.3) is 0 Å². The van der Waals surface area contributed by atoms with E-state index in [0.29, 0.717) is 13.2 Å². The van der Waals surface area contributed by atoms with E-state index in [2.05, 4.69) is 12.2 Å². The van der Waals surface area contributed by atoms with Crippen molar-refractivity contribution in [1.82, 2.24) is 5.32 Å². The fraction of sp³-hybridized carbons (Fsp3) is 0.818. The second-order valence-corrected chi connectivity index (χ2v) is 3.72. The first-order valence-electron chi connectivity index (χ1n) is 5.42. The Morgan fingerprint density at radius 3 is 2.60 bits per heavy atom. The zero-order valence-electron chi connectivity index (χ0n) is 9.84. The van der Waals surface area contributed by atoms with Gasteiger partial charge in [-0.3, -0.25) is 9.59 Å². The summed E-state index contributed by atoms with van der Waals surface area (Å²) in [4.78, 5) is 22.1. The van der Waals surface area contributed by atoms with Crippen molar-refractivity contribution < 1.29 is 14.3 Å². The predicted octanol–water partition coefficient (Wildman–Crippen LogP) is 1.14. The number of unbranched alkanes of at least 4 members (excludes halogenated alkanes) is 1. The van der Waals surface area contributed by atoms with Crippen LogP contribution in [-0.2, 0) is 14.3 Å². The first-order valence-corrected chi connectivity index (χ1v) is 5.42. The molecule has 4 nitrogen and oxygen atoms in total. The van der Waals surface area contributed by atoms with Gasteiger partial charge in [-0.15, -0.1) is 0 Å². The molecule has 1 unspecified atom stereocenters. The quantitative estimate of drug-likeness (QED) is 0.618. The molecule has 1 N–H and O–H groups in total. The largest absolute Gasteiger partial charge is 0.372 e. The third-order valence-electron chi connectivity index (χ3n) is 2.17. The molecule has 0 aliphatic heterocycles. The van der Waals surface area contributed by atoms with Crippen LogP contribution in [0.2, 0.25) is 0 Å². The lowest BCUT2D eigenvalue weighted by molar-refractivity contribution is -0.126. The molecule has 0 spiro atoms. The summed E-state index contributed by atoms with van der Waals surface area (Å²) in [7, 11) is 0. The Morgan fingerprint density at radius 1 is 1.40 bits per heavy atom. The summed E-state index contributed by atoms with van der Waals surface area (Å²) >= 11 is 0. The number of nitrogens with one attached hydrogen (secondary N) is 1. The van der Waals surface area contributed by atoms with Crippen molar-refractivity contribution in [3.8, 4) is 0 Å². The number of Topliss-reactive ketones (excluding diaryl/α,β-unsaturated/α-hetero) is 1. The zero-order valence-corrected chi connectivity index (χ0v) is 9.84. The van der Waals surface area contributed by atoms with Gasteiger partial charge in [-0.25, -0.2) is 0 Å². The zero-order chi connectivity index (χ0) is 11.7. The highest BCUT2D eigenvalue weighted by atomic mass is 16.5. The first-order chi connectivity index (χ1) is 7.07. The molecule has 0 aliphatic rings. The van der Waals surface area contributed by atoms with E-state index < -0.39 is 0 Å². The van der Waals surface area contributed by atoms with Crippen LogP contribution >= 0.6 is 0 Å².